The molecule has 3 rings (SSSR count). The fraction of sp³-hybridized carbons (Fsp3) is 0.375. The fourth-order valence-electron chi connectivity index (χ4n) is 2.85. The quantitative estimate of drug-likeness (QED) is 0.758. The number of benzene rings is 1. The Hall–Kier alpha value is -1.19. The maximum Gasteiger partial charge on any atom is 0.127 e. The second-order valence-corrected chi connectivity index (χ2v) is 6.86. The van der Waals surface area contributed by atoms with Crippen molar-refractivity contribution in [1.82, 2.24) is 4.31 Å². The van der Waals surface area contributed by atoms with Crippen molar-refractivity contribution >= 4 is 11.0 Å². The Kier molecular flexibility index (Phi) is 3.42. The van der Waals surface area contributed by atoms with Crippen molar-refractivity contribution in [2.75, 3.05) is 13.1 Å². The second kappa shape index (κ2) is 5.06. The lowest BCUT2D eigenvalue weighted by Gasteiger charge is -2.19. The van der Waals surface area contributed by atoms with Gasteiger partial charge in [-0.05, 0) is 30.5 Å². The number of hydrogen-bond acceptors (Lipinski definition) is 1. The van der Waals surface area contributed by atoms with Crippen LogP contribution in [0.1, 0.15) is 13.8 Å². The highest BCUT2D eigenvalue weighted by Crippen LogP contribution is 2.35. The van der Waals surface area contributed by atoms with Gasteiger partial charge >= 0.3 is 0 Å². The predicted octanol–water partition coefficient (Wildman–Crippen LogP) is 3.16. The van der Waals surface area contributed by atoms with E-state index < -0.39 is 11.0 Å². The van der Waals surface area contributed by atoms with E-state index in [0.29, 0.717) is 11.8 Å². The summed E-state index contributed by atoms with van der Waals surface area (Å²) >= 11 is 0. The molecular weight excluding hydrogens is 254 g/mol. The first-order chi connectivity index (χ1) is 9.16. The van der Waals surface area contributed by atoms with E-state index >= 15 is 0 Å². The molecule has 0 N–H and O–H groups in total. The normalized spacial score (nSPS) is 28.5. The van der Waals surface area contributed by atoms with Crippen LogP contribution in [-0.4, -0.2) is 21.6 Å². The minimum absolute atomic E-state index is 0.462. The molecule has 1 unspecified atom stereocenters. The van der Waals surface area contributed by atoms with Gasteiger partial charge in [0.15, 0.2) is 0 Å². The zero-order valence-corrected chi connectivity index (χ0v) is 12.2. The largest absolute Gasteiger partial charge is 0.237 e. The molecule has 3 heteroatoms. The Morgan fingerprint density at radius 3 is 2.68 bits per heavy atom. The third kappa shape index (κ3) is 2.33. The lowest BCUT2D eigenvalue weighted by molar-refractivity contribution is 0.524. The van der Waals surface area contributed by atoms with E-state index in [4.69, 9.17) is 0 Å². The zero-order chi connectivity index (χ0) is 13.4. The third-order valence-electron chi connectivity index (χ3n) is 4.20. The molecule has 1 saturated heterocycles. The Morgan fingerprint density at radius 1 is 1.21 bits per heavy atom. The Labute approximate surface area is 117 Å². The van der Waals surface area contributed by atoms with E-state index in [1.165, 1.54) is 11.1 Å². The maximum atomic E-state index is 12.6. The van der Waals surface area contributed by atoms with Crippen molar-refractivity contribution in [2.45, 2.75) is 18.7 Å². The standard InChI is InChI=1S/C16H19NOS/c1-12-8-9-14-10-17(11-16(14)13(12)2)19(18)15-6-4-3-5-7-15/h3-9,12,14H,10-11H2,1-2H3/t12-,14-,19?/m1/s1. The number of allylic oxidation sites excluding steroid dienone is 2. The molecule has 0 amide bonds. The first kappa shape index (κ1) is 12.8. The van der Waals surface area contributed by atoms with Crippen LogP contribution in [0.2, 0.25) is 0 Å². The molecule has 1 fully saturated rings. The molecule has 3 atom stereocenters. The van der Waals surface area contributed by atoms with Crippen LogP contribution in [0.4, 0.5) is 0 Å². The van der Waals surface area contributed by atoms with Gasteiger partial charge in [0.05, 0.1) is 4.90 Å². The maximum absolute atomic E-state index is 12.6. The minimum atomic E-state index is -1.04. The monoisotopic (exact) mass is 273 g/mol. The molecule has 0 radical (unpaired) electrons. The van der Waals surface area contributed by atoms with Crippen LogP contribution in [0, 0.1) is 11.8 Å². The van der Waals surface area contributed by atoms with Gasteiger partial charge in [-0.1, -0.05) is 42.8 Å². The molecule has 0 saturated carbocycles. The summed E-state index contributed by atoms with van der Waals surface area (Å²) < 4.78 is 14.7. The SMILES string of the molecule is CC1=C2CN(S(=O)c3ccccc3)C[C@H]2C=C[C@H]1C. The van der Waals surface area contributed by atoms with Gasteiger partial charge in [-0.15, -0.1) is 0 Å². The zero-order valence-electron chi connectivity index (χ0n) is 11.4. The number of hydrogen-bond donors (Lipinski definition) is 0. The molecule has 2 nitrogen and oxygen atoms in total. The lowest BCUT2D eigenvalue weighted by atomic mass is 9.85. The van der Waals surface area contributed by atoms with E-state index in [0.717, 1.165) is 18.0 Å². The van der Waals surface area contributed by atoms with Crippen LogP contribution >= 0.6 is 0 Å². The van der Waals surface area contributed by atoms with Crippen molar-refractivity contribution in [3.63, 3.8) is 0 Å². The summed E-state index contributed by atoms with van der Waals surface area (Å²) in [5, 5.41) is 0. The van der Waals surface area contributed by atoms with Gasteiger partial charge in [0.25, 0.3) is 0 Å². The van der Waals surface area contributed by atoms with Crippen molar-refractivity contribution in [1.29, 1.82) is 0 Å². The molecular formula is C16H19NOS. The summed E-state index contributed by atoms with van der Waals surface area (Å²) in [6.07, 6.45) is 4.56. The van der Waals surface area contributed by atoms with Crippen LogP contribution in [0.15, 0.2) is 58.5 Å². The average Bonchev–Trinajstić information content (AvgIpc) is 2.88. The van der Waals surface area contributed by atoms with Crippen LogP contribution in [-0.2, 0) is 11.0 Å². The lowest BCUT2D eigenvalue weighted by Crippen LogP contribution is -2.23. The molecule has 19 heavy (non-hydrogen) atoms. The van der Waals surface area contributed by atoms with E-state index in [1.54, 1.807) is 0 Å². The third-order valence-corrected chi connectivity index (χ3v) is 5.62. The van der Waals surface area contributed by atoms with Crippen molar-refractivity contribution in [3.05, 3.63) is 53.6 Å². The molecule has 100 valence electrons. The van der Waals surface area contributed by atoms with Crippen LogP contribution in [0.5, 0.6) is 0 Å². The van der Waals surface area contributed by atoms with Gasteiger partial charge in [0.1, 0.15) is 11.0 Å². The van der Waals surface area contributed by atoms with Crippen LogP contribution < -0.4 is 0 Å². The molecule has 2 aliphatic rings. The van der Waals surface area contributed by atoms with Gasteiger partial charge in [-0.3, -0.25) is 0 Å². The average molecular weight is 273 g/mol. The Morgan fingerprint density at radius 2 is 1.95 bits per heavy atom. The fourth-order valence-corrected chi connectivity index (χ4v) is 4.09. The van der Waals surface area contributed by atoms with Crippen molar-refractivity contribution < 1.29 is 4.21 Å². The summed E-state index contributed by atoms with van der Waals surface area (Å²) in [5.74, 6) is 0.986. The van der Waals surface area contributed by atoms with Gasteiger partial charge in [0.2, 0.25) is 0 Å². The molecule has 1 aliphatic carbocycles. The van der Waals surface area contributed by atoms with Crippen molar-refractivity contribution in [2.24, 2.45) is 11.8 Å². The molecule has 0 aromatic heterocycles. The Bertz CT molecular complexity index is 561. The van der Waals surface area contributed by atoms with Gasteiger partial charge in [0, 0.05) is 19.0 Å². The van der Waals surface area contributed by atoms with Crippen molar-refractivity contribution in [3.8, 4) is 0 Å². The summed E-state index contributed by atoms with van der Waals surface area (Å²) in [7, 11) is -1.04. The first-order valence-corrected chi connectivity index (χ1v) is 7.87. The molecule has 0 bridgehead atoms. The number of nitrogens with zero attached hydrogens (tertiary/aromatic N) is 1. The number of rotatable bonds is 2. The van der Waals surface area contributed by atoms with E-state index in [-0.39, 0.29) is 0 Å². The predicted molar refractivity (Wildman–Crippen MR) is 78.9 cm³/mol. The van der Waals surface area contributed by atoms with Gasteiger partial charge in [-0.25, -0.2) is 8.51 Å². The molecule has 0 spiro atoms. The minimum Gasteiger partial charge on any atom is -0.237 e. The van der Waals surface area contributed by atoms with E-state index in [2.05, 4.69) is 30.3 Å². The van der Waals surface area contributed by atoms with Crippen LogP contribution in [0.25, 0.3) is 0 Å². The second-order valence-electron chi connectivity index (χ2n) is 5.37. The summed E-state index contributed by atoms with van der Waals surface area (Å²) in [6.45, 7) is 6.15. The van der Waals surface area contributed by atoms with E-state index in [1.807, 2.05) is 30.3 Å². The van der Waals surface area contributed by atoms with Crippen LogP contribution in [0.3, 0.4) is 0 Å². The molecule has 1 aliphatic heterocycles. The van der Waals surface area contributed by atoms with E-state index in [9.17, 15) is 4.21 Å². The summed E-state index contributed by atoms with van der Waals surface area (Å²) in [4.78, 5) is 0.899. The molecule has 1 aromatic carbocycles. The van der Waals surface area contributed by atoms with Gasteiger partial charge < -0.3 is 0 Å². The molecule has 1 aromatic rings. The Balaban J connectivity index is 1.83. The highest BCUT2D eigenvalue weighted by atomic mass is 32.2. The molecule has 1 heterocycles. The smallest absolute Gasteiger partial charge is 0.127 e. The topological polar surface area (TPSA) is 20.3 Å². The summed E-state index contributed by atoms with van der Waals surface area (Å²) in [6, 6.07) is 9.74. The number of fused-ring (bicyclic) bond motifs is 1. The highest BCUT2D eigenvalue weighted by Gasteiger charge is 2.33. The highest BCUT2D eigenvalue weighted by molar-refractivity contribution is 7.82. The first-order valence-electron chi connectivity index (χ1n) is 6.76. The van der Waals surface area contributed by atoms with Gasteiger partial charge in [-0.2, -0.15) is 0 Å². The summed E-state index contributed by atoms with van der Waals surface area (Å²) in [5.41, 5.74) is 2.93.